The summed E-state index contributed by atoms with van der Waals surface area (Å²) >= 11 is 0. The second-order valence-electron chi connectivity index (χ2n) is 11.0. The van der Waals surface area contributed by atoms with E-state index in [9.17, 15) is 14.3 Å². The van der Waals surface area contributed by atoms with Crippen LogP contribution < -0.4 is 4.57 Å². The van der Waals surface area contributed by atoms with Gasteiger partial charge in [0.25, 0.3) is 0 Å². The molecule has 1 N–H and O–H groups in total. The third kappa shape index (κ3) is 22.7. The maximum Gasteiger partial charge on any atom is 0.472 e. The number of carbonyl (C=O) groups excluding carboxylic acids is 1. The maximum atomic E-state index is 12.3. The van der Waals surface area contributed by atoms with Crippen molar-refractivity contribution < 1.29 is 37.3 Å². The first-order chi connectivity index (χ1) is 19.8. The molecule has 238 valence electrons. The lowest BCUT2D eigenvalue weighted by Crippen LogP contribution is -2.35. The number of unbranched alkanes of at least 4 members (excludes halogenated alkanes) is 15. The Morgan fingerprint density at radius 2 is 1.27 bits per heavy atom. The average Bonchev–Trinajstić information content (AvgIpc) is 2.95. The summed E-state index contributed by atoms with van der Waals surface area (Å²) in [4.78, 5) is 23.3. The Bertz CT molecular complexity index is 798. The van der Waals surface area contributed by atoms with Crippen LogP contribution in [0.3, 0.4) is 0 Å². The molecule has 1 aromatic rings. The Morgan fingerprint density at radius 3 is 1.78 bits per heavy atom. The van der Waals surface area contributed by atoms with E-state index in [4.69, 9.17) is 18.5 Å². The number of ether oxygens (including phenoxy) is 2. The zero-order chi connectivity index (χ0) is 30.0. The molecule has 10 heteroatoms. The van der Waals surface area contributed by atoms with E-state index < -0.39 is 20.0 Å². The van der Waals surface area contributed by atoms with E-state index in [0.29, 0.717) is 13.2 Å². The smallest absolute Gasteiger partial charge is 0.441 e. The van der Waals surface area contributed by atoms with Crippen LogP contribution in [0.5, 0.6) is 0 Å². The minimum Gasteiger partial charge on any atom is -0.441 e. The Kier molecular flexibility index (Phi) is 22.9. The number of aromatic nitrogens is 1. The molecule has 0 bridgehead atoms. The van der Waals surface area contributed by atoms with Crippen LogP contribution in [-0.4, -0.2) is 62.5 Å². The van der Waals surface area contributed by atoms with Gasteiger partial charge < -0.3 is 19.3 Å². The second kappa shape index (κ2) is 25.0. The lowest BCUT2D eigenvalue weighted by atomic mass is 10.0. The first-order valence-electron chi connectivity index (χ1n) is 15.9. The van der Waals surface area contributed by atoms with Gasteiger partial charge in [0.05, 0.1) is 13.2 Å². The monoisotopic (exact) mass is 601 g/mol. The SMILES string of the molecule is CCCCCCCCCCCCCCCCCCOCC(COP(=O)(O)OCC[n+]1ccccc1)OC(=O)N(C)C. The largest absolute Gasteiger partial charge is 0.472 e. The highest BCUT2D eigenvalue weighted by molar-refractivity contribution is 7.47. The van der Waals surface area contributed by atoms with Crippen molar-refractivity contribution in [1.29, 1.82) is 0 Å². The predicted octanol–water partition coefficient (Wildman–Crippen LogP) is 7.45. The highest BCUT2D eigenvalue weighted by Gasteiger charge is 2.26. The molecule has 0 fully saturated rings. The number of rotatable bonds is 27. The van der Waals surface area contributed by atoms with Crippen molar-refractivity contribution in [1.82, 2.24) is 4.90 Å². The third-order valence-electron chi connectivity index (χ3n) is 6.88. The van der Waals surface area contributed by atoms with Gasteiger partial charge in [-0.15, -0.1) is 0 Å². The predicted molar refractivity (Wildman–Crippen MR) is 163 cm³/mol. The summed E-state index contributed by atoms with van der Waals surface area (Å²) in [6.45, 7) is 2.99. The summed E-state index contributed by atoms with van der Waals surface area (Å²) in [5.74, 6) is 0. The molecule has 2 unspecified atom stereocenters. The molecule has 1 amide bonds. The molecule has 1 rings (SSSR count). The summed E-state index contributed by atoms with van der Waals surface area (Å²) in [6, 6.07) is 5.60. The molecule has 0 aliphatic heterocycles. The van der Waals surface area contributed by atoms with Crippen LogP contribution in [0.15, 0.2) is 30.6 Å². The Morgan fingerprint density at radius 1 is 0.756 bits per heavy atom. The van der Waals surface area contributed by atoms with Gasteiger partial charge in [-0.25, -0.2) is 13.9 Å². The van der Waals surface area contributed by atoms with Crippen LogP contribution in [0.2, 0.25) is 0 Å². The molecule has 0 saturated carbocycles. The van der Waals surface area contributed by atoms with Gasteiger partial charge >= 0.3 is 13.9 Å². The van der Waals surface area contributed by atoms with E-state index in [2.05, 4.69) is 6.92 Å². The number of hydrogen-bond acceptors (Lipinski definition) is 6. The molecule has 1 aromatic heterocycles. The van der Waals surface area contributed by atoms with Crippen molar-refractivity contribution in [3.05, 3.63) is 30.6 Å². The highest BCUT2D eigenvalue weighted by Crippen LogP contribution is 2.43. The lowest BCUT2D eigenvalue weighted by Gasteiger charge is -2.21. The van der Waals surface area contributed by atoms with Crippen molar-refractivity contribution in [3.8, 4) is 0 Å². The van der Waals surface area contributed by atoms with Crippen molar-refractivity contribution in [2.75, 3.05) is 40.5 Å². The fourth-order valence-electron chi connectivity index (χ4n) is 4.39. The molecule has 2 atom stereocenters. The number of carbonyl (C=O) groups is 1. The molecular weight excluding hydrogens is 543 g/mol. The van der Waals surface area contributed by atoms with E-state index in [1.807, 2.05) is 35.2 Å². The zero-order valence-corrected chi connectivity index (χ0v) is 26.9. The van der Waals surface area contributed by atoms with Gasteiger partial charge in [0.1, 0.15) is 6.61 Å². The van der Waals surface area contributed by atoms with Crippen molar-refractivity contribution in [3.63, 3.8) is 0 Å². The first-order valence-corrected chi connectivity index (χ1v) is 17.3. The number of amides is 1. The van der Waals surface area contributed by atoms with E-state index in [1.165, 1.54) is 94.8 Å². The van der Waals surface area contributed by atoms with Crippen molar-refractivity contribution >= 4 is 13.9 Å². The van der Waals surface area contributed by atoms with Gasteiger partial charge in [-0.2, -0.15) is 0 Å². The van der Waals surface area contributed by atoms with Crippen LogP contribution in [0.25, 0.3) is 0 Å². The Labute approximate surface area is 249 Å². The minimum absolute atomic E-state index is 0.000361. The third-order valence-corrected chi connectivity index (χ3v) is 7.87. The topological polar surface area (TPSA) is 98.4 Å². The van der Waals surface area contributed by atoms with Gasteiger partial charge in [-0.05, 0) is 6.42 Å². The quantitative estimate of drug-likeness (QED) is 0.0635. The maximum absolute atomic E-state index is 12.3. The molecule has 0 aliphatic rings. The van der Waals surface area contributed by atoms with Gasteiger partial charge in [0.15, 0.2) is 25.0 Å². The first kappa shape index (κ1) is 37.5. The summed E-state index contributed by atoms with van der Waals surface area (Å²) in [7, 11) is -1.17. The molecule has 1 heterocycles. The standard InChI is InChI=1S/C31H57N2O7P/c1-4-5-6-7-8-9-10-11-12-13-14-15-16-17-18-22-26-37-28-30(40-31(34)32(2)3)29-39-41(35,36)38-27-25-33-23-20-19-21-24-33/h19-21,23-24,30H,4-18,22,25-29H2,1-3H3/p+1. The normalized spacial score (nSPS) is 13.6. The number of pyridine rings is 1. The molecular formula is C31H58N2O7P+. The van der Waals surface area contributed by atoms with E-state index in [-0.39, 0.29) is 19.8 Å². The van der Waals surface area contributed by atoms with Crippen molar-refractivity contribution in [2.45, 2.75) is 122 Å². The summed E-state index contributed by atoms with van der Waals surface area (Å²) in [5, 5.41) is 0. The zero-order valence-electron chi connectivity index (χ0n) is 26.1. The fraction of sp³-hybridized carbons (Fsp3) is 0.806. The van der Waals surface area contributed by atoms with Crippen LogP contribution in [0.4, 0.5) is 4.79 Å². The second-order valence-corrected chi connectivity index (χ2v) is 12.4. The van der Waals surface area contributed by atoms with Crippen LogP contribution in [-0.2, 0) is 29.6 Å². The van der Waals surface area contributed by atoms with Gasteiger partial charge in [0.2, 0.25) is 0 Å². The van der Waals surface area contributed by atoms with Crippen LogP contribution >= 0.6 is 7.82 Å². The Hall–Kier alpha value is -1.51. The molecule has 0 saturated heterocycles. The van der Waals surface area contributed by atoms with Crippen LogP contribution in [0.1, 0.15) is 110 Å². The number of phosphoric acid groups is 1. The molecule has 0 aliphatic carbocycles. The summed E-state index contributed by atoms with van der Waals surface area (Å²) in [5.41, 5.74) is 0. The van der Waals surface area contributed by atoms with E-state index in [0.717, 1.165) is 12.8 Å². The fourth-order valence-corrected chi connectivity index (χ4v) is 5.13. The lowest BCUT2D eigenvalue weighted by molar-refractivity contribution is -0.697. The van der Waals surface area contributed by atoms with Gasteiger partial charge in [0, 0.05) is 32.8 Å². The van der Waals surface area contributed by atoms with Gasteiger partial charge in [-0.1, -0.05) is 109 Å². The van der Waals surface area contributed by atoms with E-state index >= 15 is 0 Å². The molecule has 9 nitrogen and oxygen atoms in total. The minimum atomic E-state index is -4.30. The van der Waals surface area contributed by atoms with Crippen LogP contribution in [0, 0.1) is 0 Å². The van der Waals surface area contributed by atoms with Gasteiger partial charge in [-0.3, -0.25) is 9.05 Å². The number of hydrogen-bond donors (Lipinski definition) is 1. The molecule has 0 radical (unpaired) electrons. The molecule has 0 aromatic carbocycles. The highest BCUT2D eigenvalue weighted by atomic mass is 31.2. The van der Waals surface area contributed by atoms with Crippen molar-refractivity contribution in [2.24, 2.45) is 0 Å². The molecule has 41 heavy (non-hydrogen) atoms. The number of nitrogens with zero attached hydrogens (tertiary/aromatic N) is 2. The average molecular weight is 602 g/mol. The number of phosphoric ester groups is 1. The molecule has 0 spiro atoms. The summed E-state index contributed by atoms with van der Waals surface area (Å²) < 4.78 is 35.3. The summed E-state index contributed by atoms with van der Waals surface area (Å²) in [6.07, 6.45) is 23.2. The Balaban J connectivity index is 2.10. The van der Waals surface area contributed by atoms with E-state index in [1.54, 1.807) is 14.1 Å².